The monoisotopic (exact) mass is 366 g/mol. The Hall–Kier alpha value is -2.93. The lowest BCUT2D eigenvalue weighted by Crippen LogP contribution is -2.24. The number of non-ortho nitro benzene ring substituents is 1. The van der Waals surface area contributed by atoms with E-state index in [0.717, 1.165) is 43.1 Å². The maximum atomic E-state index is 11.1. The highest BCUT2D eigenvalue weighted by Gasteiger charge is 2.17. The smallest absolute Gasteiger partial charge is 0.271 e. The van der Waals surface area contributed by atoms with Gasteiger partial charge in [-0.25, -0.2) is 4.98 Å². The molecule has 1 aliphatic heterocycles. The zero-order valence-electron chi connectivity index (χ0n) is 15.0. The fraction of sp³-hybridized carbons (Fsp3) is 0.350. The number of phenols is 1. The maximum Gasteiger partial charge on any atom is 0.271 e. The molecule has 1 aliphatic rings. The lowest BCUT2D eigenvalue weighted by molar-refractivity contribution is -0.384. The van der Waals surface area contributed by atoms with Crippen LogP contribution in [0.5, 0.6) is 5.75 Å². The highest BCUT2D eigenvalue weighted by molar-refractivity contribution is 5.78. The topological polar surface area (TPSA) is 84.4 Å². The summed E-state index contributed by atoms with van der Waals surface area (Å²) in [6, 6.07) is 12.0. The fourth-order valence-corrected chi connectivity index (χ4v) is 3.71. The number of nitrogens with zero attached hydrogens (tertiary/aromatic N) is 4. The quantitative estimate of drug-likeness (QED) is 0.534. The third kappa shape index (κ3) is 3.78. The van der Waals surface area contributed by atoms with Gasteiger partial charge >= 0.3 is 0 Å². The molecule has 1 aromatic heterocycles. The summed E-state index contributed by atoms with van der Waals surface area (Å²) in [6.45, 7) is 4.02. The van der Waals surface area contributed by atoms with Crippen molar-refractivity contribution in [3.63, 3.8) is 0 Å². The van der Waals surface area contributed by atoms with Crippen LogP contribution in [0.3, 0.4) is 0 Å². The van der Waals surface area contributed by atoms with E-state index in [1.807, 2.05) is 12.1 Å². The van der Waals surface area contributed by atoms with Crippen LogP contribution in [0.25, 0.3) is 11.0 Å². The van der Waals surface area contributed by atoms with Gasteiger partial charge in [0.2, 0.25) is 0 Å². The molecular weight excluding hydrogens is 344 g/mol. The van der Waals surface area contributed by atoms with Crippen LogP contribution in [0.15, 0.2) is 42.5 Å². The van der Waals surface area contributed by atoms with Crippen molar-refractivity contribution in [2.24, 2.45) is 0 Å². The normalized spacial score (nSPS) is 14.8. The van der Waals surface area contributed by atoms with E-state index in [4.69, 9.17) is 4.98 Å². The van der Waals surface area contributed by atoms with Crippen LogP contribution >= 0.6 is 0 Å². The summed E-state index contributed by atoms with van der Waals surface area (Å²) >= 11 is 0. The van der Waals surface area contributed by atoms with E-state index in [1.165, 1.54) is 12.8 Å². The minimum atomic E-state index is -0.387. The number of aromatic nitrogens is 2. The third-order valence-electron chi connectivity index (χ3n) is 5.16. The first kappa shape index (κ1) is 17.5. The number of hydrogen-bond acceptors (Lipinski definition) is 5. The fourth-order valence-electron chi connectivity index (χ4n) is 3.71. The summed E-state index contributed by atoms with van der Waals surface area (Å²) in [7, 11) is 0. The maximum absolute atomic E-state index is 11.1. The molecule has 0 amide bonds. The van der Waals surface area contributed by atoms with Crippen LogP contribution in [0.4, 0.5) is 5.69 Å². The molecule has 140 valence electrons. The number of benzene rings is 2. The van der Waals surface area contributed by atoms with Gasteiger partial charge in [0.25, 0.3) is 5.69 Å². The van der Waals surface area contributed by atoms with Gasteiger partial charge in [-0.15, -0.1) is 0 Å². The van der Waals surface area contributed by atoms with Crippen molar-refractivity contribution in [1.29, 1.82) is 0 Å². The van der Waals surface area contributed by atoms with E-state index < -0.39 is 0 Å². The Morgan fingerprint density at radius 2 is 1.81 bits per heavy atom. The molecule has 0 atom stereocenters. The van der Waals surface area contributed by atoms with Gasteiger partial charge in [0.05, 0.1) is 16.0 Å². The Balaban J connectivity index is 1.68. The molecule has 7 nitrogen and oxygen atoms in total. The van der Waals surface area contributed by atoms with Crippen LogP contribution in [0.2, 0.25) is 0 Å². The van der Waals surface area contributed by atoms with E-state index in [-0.39, 0.29) is 16.4 Å². The zero-order valence-corrected chi connectivity index (χ0v) is 15.0. The van der Waals surface area contributed by atoms with Gasteiger partial charge < -0.3 is 14.6 Å². The average molecular weight is 366 g/mol. The predicted octanol–water partition coefficient (Wildman–Crippen LogP) is 3.34. The molecule has 1 saturated heterocycles. The number of imidazole rings is 1. The van der Waals surface area contributed by atoms with Crippen molar-refractivity contribution in [3.05, 3.63) is 64.0 Å². The van der Waals surface area contributed by atoms with Gasteiger partial charge in [0.1, 0.15) is 11.6 Å². The second-order valence-corrected chi connectivity index (χ2v) is 7.00. The van der Waals surface area contributed by atoms with Crippen molar-refractivity contribution in [2.75, 3.05) is 19.6 Å². The molecule has 0 unspecified atom stereocenters. The lowest BCUT2D eigenvalue weighted by Gasteiger charge is -2.16. The van der Waals surface area contributed by atoms with Crippen molar-refractivity contribution < 1.29 is 10.0 Å². The molecule has 0 radical (unpaired) electrons. The molecule has 27 heavy (non-hydrogen) atoms. The van der Waals surface area contributed by atoms with Gasteiger partial charge in [0.15, 0.2) is 0 Å². The van der Waals surface area contributed by atoms with Crippen LogP contribution < -0.4 is 0 Å². The minimum absolute atomic E-state index is 0.0582. The van der Waals surface area contributed by atoms with Crippen molar-refractivity contribution in [1.82, 2.24) is 14.5 Å². The summed E-state index contributed by atoms with van der Waals surface area (Å²) in [4.78, 5) is 17.9. The summed E-state index contributed by atoms with van der Waals surface area (Å²) in [6.07, 6.45) is 3.11. The molecule has 1 N–H and O–H groups in total. The molecule has 4 rings (SSSR count). The Bertz CT molecular complexity index is 959. The van der Waals surface area contributed by atoms with Crippen LogP contribution in [-0.4, -0.2) is 44.1 Å². The molecule has 2 aromatic carbocycles. The van der Waals surface area contributed by atoms with Gasteiger partial charge in [-0.1, -0.05) is 12.1 Å². The Kier molecular flexibility index (Phi) is 4.77. The van der Waals surface area contributed by atoms with Crippen LogP contribution in [0.1, 0.15) is 24.2 Å². The number of phenolic OH excluding ortho intramolecular Hbond substituents is 1. The minimum Gasteiger partial charge on any atom is -0.508 e. The Morgan fingerprint density at radius 1 is 1.07 bits per heavy atom. The lowest BCUT2D eigenvalue weighted by atomic mass is 10.1. The first-order valence-electron chi connectivity index (χ1n) is 9.24. The molecule has 7 heteroatoms. The van der Waals surface area contributed by atoms with Gasteiger partial charge in [-0.3, -0.25) is 10.1 Å². The third-order valence-corrected chi connectivity index (χ3v) is 5.16. The first-order valence-corrected chi connectivity index (χ1v) is 9.24. The van der Waals surface area contributed by atoms with E-state index in [2.05, 4.69) is 9.47 Å². The molecule has 0 saturated carbocycles. The standard InChI is InChI=1S/C20H22N4O3/c25-17-6-3-15(4-7-17)13-20-21-18-14-16(24(26)27)5-8-19(18)23(20)12-11-22-9-1-2-10-22/h3-8,14,25H,1-2,9-13H2. The largest absolute Gasteiger partial charge is 0.508 e. The predicted molar refractivity (Wildman–Crippen MR) is 103 cm³/mol. The summed E-state index contributed by atoms with van der Waals surface area (Å²) in [5.41, 5.74) is 2.68. The Labute approximate surface area is 157 Å². The number of rotatable bonds is 6. The number of nitro groups is 1. The average Bonchev–Trinajstić information content (AvgIpc) is 3.28. The van der Waals surface area contributed by atoms with Crippen LogP contribution in [-0.2, 0) is 13.0 Å². The highest BCUT2D eigenvalue weighted by Crippen LogP contribution is 2.24. The molecule has 0 bridgehead atoms. The molecule has 0 aliphatic carbocycles. The van der Waals surface area contributed by atoms with E-state index >= 15 is 0 Å². The molecule has 3 aromatic rings. The number of aromatic hydroxyl groups is 1. The zero-order chi connectivity index (χ0) is 18.8. The van der Waals surface area contributed by atoms with Gasteiger partial charge in [0, 0.05) is 31.6 Å². The number of fused-ring (bicyclic) bond motifs is 1. The first-order chi connectivity index (χ1) is 13.1. The van der Waals surface area contributed by atoms with Gasteiger partial charge in [-0.2, -0.15) is 0 Å². The number of hydrogen-bond donors (Lipinski definition) is 1. The summed E-state index contributed by atoms with van der Waals surface area (Å²) in [5.74, 6) is 1.12. The second kappa shape index (κ2) is 7.36. The summed E-state index contributed by atoms with van der Waals surface area (Å²) in [5, 5.41) is 20.6. The van der Waals surface area contributed by atoms with E-state index in [0.29, 0.717) is 11.9 Å². The highest BCUT2D eigenvalue weighted by atomic mass is 16.6. The van der Waals surface area contributed by atoms with Gasteiger partial charge in [-0.05, 0) is 49.7 Å². The van der Waals surface area contributed by atoms with Crippen molar-refractivity contribution in [3.8, 4) is 5.75 Å². The molecule has 1 fully saturated rings. The van der Waals surface area contributed by atoms with Crippen molar-refractivity contribution >= 4 is 16.7 Å². The number of likely N-dealkylation sites (tertiary alicyclic amines) is 1. The Morgan fingerprint density at radius 3 is 2.52 bits per heavy atom. The number of nitro benzene ring substituents is 1. The van der Waals surface area contributed by atoms with E-state index in [9.17, 15) is 15.2 Å². The molecule has 0 spiro atoms. The summed E-state index contributed by atoms with van der Waals surface area (Å²) < 4.78 is 2.17. The molecule has 2 heterocycles. The van der Waals surface area contributed by atoms with Crippen molar-refractivity contribution in [2.45, 2.75) is 25.8 Å². The second-order valence-electron chi connectivity index (χ2n) is 7.00. The SMILES string of the molecule is O=[N+]([O-])c1ccc2c(c1)nc(Cc1ccc(O)cc1)n2CCN1CCCC1. The van der Waals surface area contributed by atoms with Crippen LogP contribution in [0, 0.1) is 10.1 Å². The molecular formula is C20H22N4O3. The van der Waals surface area contributed by atoms with E-state index in [1.54, 1.807) is 30.3 Å².